The van der Waals surface area contributed by atoms with E-state index in [0.29, 0.717) is 5.75 Å². The average Bonchev–Trinajstić information content (AvgIpc) is 2.70. The van der Waals surface area contributed by atoms with Gasteiger partial charge in [0.25, 0.3) is 0 Å². The topological polar surface area (TPSA) is 79.2 Å². The molecule has 3 N–H and O–H groups in total. The summed E-state index contributed by atoms with van der Waals surface area (Å²) in [5.41, 5.74) is 2.01. The first-order valence-electron chi connectivity index (χ1n) is 8.97. The van der Waals surface area contributed by atoms with E-state index in [0.717, 1.165) is 20.4 Å². The van der Waals surface area contributed by atoms with Crippen molar-refractivity contribution in [2.45, 2.75) is 31.5 Å². The van der Waals surface area contributed by atoms with Crippen molar-refractivity contribution in [3.8, 4) is 11.5 Å². The Morgan fingerprint density at radius 1 is 0.964 bits per heavy atom. The van der Waals surface area contributed by atoms with E-state index in [1.54, 1.807) is 0 Å². The summed E-state index contributed by atoms with van der Waals surface area (Å²) < 4.78 is 12.1. The van der Waals surface area contributed by atoms with Gasteiger partial charge in [0.1, 0.15) is 36.9 Å². The second-order valence-corrected chi connectivity index (χ2v) is 8.53. The molecule has 2 atom stereocenters. The minimum atomic E-state index is -0.885. The van der Waals surface area contributed by atoms with Gasteiger partial charge in [-0.2, -0.15) is 0 Å². The highest BCUT2D eigenvalue weighted by atomic mass is 127. The Morgan fingerprint density at radius 2 is 1.57 bits per heavy atom. The quantitative estimate of drug-likeness (QED) is 0.331. The minimum Gasteiger partial charge on any atom is -0.491 e. The molecule has 2 aromatic carbocycles. The van der Waals surface area contributed by atoms with E-state index >= 15 is 0 Å². The molecule has 0 bridgehead atoms. The summed E-state index contributed by atoms with van der Waals surface area (Å²) in [6.07, 6.45) is -1.57. The fourth-order valence-corrected chi connectivity index (χ4v) is 3.38. The van der Waals surface area contributed by atoms with Crippen molar-refractivity contribution in [2.75, 3.05) is 25.7 Å². The molecule has 5 nitrogen and oxygen atoms in total. The smallest absolute Gasteiger partial charge is 0.132 e. The molecular formula is C21H26ClIO5. The van der Waals surface area contributed by atoms with Gasteiger partial charge < -0.3 is 24.8 Å². The van der Waals surface area contributed by atoms with Crippen LogP contribution in [0.25, 0.3) is 0 Å². The third-order valence-electron chi connectivity index (χ3n) is 4.49. The zero-order chi connectivity index (χ0) is 20.7. The molecule has 0 radical (unpaired) electrons. The molecule has 2 rings (SSSR count). The minimum absolute atomic E-state index is 0.0529. The van der Waals surface area contributed by atoms with Crippen LogP contribution in [0, 0.1) is 3.57 Å². The van der Waals surface area contributed by atoms with E-state index in [-0.39, 0.29) is 31.1 Å². The van der Waals surface area contributed by atoms with Gasteiger partial charge in [-0.3, -0.25) is 0 Å². The molecular weight excluding hydrogens is 495 g/mol. The second-order valence-electron chi connectivity index (χ2n) is 7.06. The highest BCUT2D eigenvalue weighted by Gasteiger charge is 2.24. The van der Waals surface area contributed by atoms with Crippen LogP contribution in [0.3, 0.4) is 0 Å². The van der Waals surface area contributed by atoms with Crippen molar-refractivity contribution in [1.29, 1.82) is 0 Å². The van der Waals surface area contributed by atoms with Crippen molar-refractivity contribution in [3.05, 3.63) is 57.2 Å². The van der Waals surface area contributed by atoms with E-state index in [9.17, 15) is 10.2 Å². The van der Waals surface area contributed by atoms with Gasteiger partial charge >= 0.3 is 0 Å². The summed E-state index contributed by atoms with van der Waals surface area (Å²) in [5, 5.41) is 27.8. The summed E-state index contributed by atoms with van der Waals surface area (Å²) in [6.45, 7) is 4.17. The van der Waals surface area contributed by atoms with Crippen molar-refractivity contribution < 1.29 is 24.8 Å². The number of hydrogen-bond donors (Lipinski definition) is 3. The number of aliphatic hydroxyl groups is 3. The molecule has 0 heterocycles. The van der Waals surface area contributed by atoms with Crippen LogP contribution >= 0.6 is 34.2 Å². The third-order valence-corrected chi connectivity index (χ3v) is 5.69. The van der Waals surface area contributed by atoms with Gasteiger partial charge in [-0.05, 0) is 58.0 Å². The number of halogens is 2. The highest BCUT2D eigenvalue weighted by Crippen LogP contribution is 2.35. The molecule has 28 heavy (non-hydrogen) atoms. The Labute approximate surface area is 184 Å². The SMILES string of the molecule is CC(C)(c1ccc(OC[C@@H](O)CO)cc1)c1ccc(OC[C@@H](O)CCl)c(I)c1. The standard InChI is InChI=1S/C21H26ClIO5/c1-21(2,14-3-6-18(7-4-14)27-13-17(26)11-24)15-5-8-20(19(23)9-15)28-12-16(25)10-22/h3-9,16-17,24-26H,10-13H2,1-2H3/t16-,17-/m0/s1. The maximum atomic E-state index is 9.55. The normalized spacial score (nSPS) is 13.8. The summed E-state index contributed by atoms with van der Waals surface area (Å²) in [5.74, 6) is 1.50. The van der Waals surface area contributed by atoms with Gasteiger partial charge in [-0.1, -0.05) is 32.0 Å². The molecule has 0 aliphatic carbocycles. The Kier molecular flexibility index (Phi) is 8.82. The third kappa shape index (κ3) is 6.22. The van der Waals surface area contributed by atoms with Crippen LogP contribution in [0.15, 0.2) is 42.5 Å². The van der Waals surface area contributed by atoms with E-state index in [2.05, 4.69) is 42.5 Å². The molecule has 0 amide bonds. The van der Waals surface area contributed by atoms with Crippen molar-refractivity contribution in [1.82, 2.24) is 0 Å². The average molecular weight is 521 g/mol. The van der Waals surface area contributed by atoms with Crippen molar-refractivity contribution >= 4 is 34.2 Å². The van der Waals surface area contributed by atoms with Crippen LogP contribution in [-0.4, -0.2) is 53.2 Å². The second kappa shape index (κ2) is 10.6. The van der Waals surface area contributed by atoms with Crippen LogP contribution in [0.4, 0.5) is 0 Å². The van der Waals surface area contributed by atoms with Crippen molar-refractivity contribution in [3.63, 3.8) is 0 Å². The molecule has 0 fully saturated rings. The first kappa shape index (κ1) is 23.2. The van der Waals surface area contributed by atoms with E-state index < -0.39 is 12.2 Å². The fraction of sp³-hybridized carbons (Fsp3) is 0.429. The number of ether oxygens (including phenoxy) is 2. The van der Waals surface area contributed by atoms with Crippen LogP contribution < -0.4 is 9.47 Å². The first-order chi connectivity index (χ1) is 13.3. The molecule has 0 aliphatic heterocycles. The van der Waals surface area contributed by atoms with Crippen LogP contribution in [0.2, 0.25) is 0 Å². The molecule has 0 aromatic heterocycles. The lowest BCUT2D eigenvalue weighted by Crippen LogP contribution is -2.22. The molecule has 0 unspecified atom stereocenters. The lowest BCUT2D eigenvalue weighted by atomic mass is 9.78. The largest absolute Gasteiger partial charge is 0.491 e. The van der Waals surface area contributed by atoms with Gasteiger partial charge in [0.05, 0.1) is 16.1 Å². The van der Waals surface area contributed by atoms with Gasteiger partial charge in [0.15, 0.2) is 0 Å². The van der Waals surface area contributed by atoms with Gasteiger partial charge in [-0.15, -0.1) is 11.6 Å². The van der Waals surface area contributed by atoms with E-state index in [1.807, 2.05) is 36.4 Å². The number of hydrogen-bond acceptors (Lipinski definition) is 5. The summed E-state index contributed by atoms with van der Waals surface area (Å²) in [7, 11) is 0. The Balaban J connectivity index is 2.11. The predicted molar refractivity (Wildman–Crippen MR) is 119 cm³/mol. The molecule has 0 aliphatic rings. The number of aliphatic hydroxyl groups excluding tert-OH is 3. The molecule has 2 aromatic rings. The Morgan fingerprint density at radius 3 is 2.14 bits per heavy atom. The number of benzene rings is 2. The Hall–Kier alpha value is -1.06. The maximum Gasteiger partial charge on any atom is 0.132 e. The van der Waals surface area contributed by atoms with Gasteiger partial charge in [0, 0.05) is 5.41 Å². The molecule has 7 heteroatoms. The van der Waals surface area contributed by atoms with Gasteiger partial charge in [-0.25, -0.2) is 0 Å². The van der Waals surface area contributed by atoms with Crippen molar-refractivity contribution in [2.24, 2.45) is 0 Å². The number of alkyl halides is 1. The van der Waals surface area contributed by atoms with Crippen LogP contribution in [0.5, 0.6) is 11.5 Å². The van der Waals surface area contributed by atoms with E-state index in [4.69, 9.17) is 26.2 Å². The molecule has 0 saturated carbocycles. The fourth-order valence-electron chi connectivity index (χ4n) is 2.62. The highest BCUT2D eigenvalue weighted by molar-refractivity contribution is 14.1. The number of rotatable bonds is 10. The Bertz CT molecular complexity index is 751. The van der Waals surface area contributed by atoms with E-state index in [1.165, 1.54) is 0 Å². The molecule has 0 spiro atoms. The first-order valence-corrected chi connectivity index (χ1v) is 10.6. The van der Waals surface area contributed by atoms with Gasteiger partial charge in [0.2, 0.25) is 0 Å². The zero-order valence-electron chi connectivity index (χ0n) is 15.9. The summed E-state index contributed by atoms with van der Waals surface area (Å²) in [4.78, 5) is 0. The van der Waals surface area contributed by atoms with Crippen LogP contribution in [-0.2, 0) is 5.41 Å². The van der Waals surface area contributed by atoms with Crippen LogP contribution in [0.1, 0.15) is 25.0 Å². The molecule has 0 saturated heterocycles. The summed E-state index contributed by atoms with van der Waals surface area (Å²) in [6, 6.07) is 13.7. The molecule has 154 valence electrons. The maximum absolute atomic E-state index is 9.55. The summed E-state index contributed by atoms with van der Waals surface area (Å²) >= 11 is 7.83. The zero-order valence-corrected chi connectivity index (χ0v) is 18.9. The monoisotopic (exact) mass is 520 g/mol. The predicted octanol–water partition coefficient (Wildman–Crippen LogP) is 3.33. The lowest BCUT2D eigenvalue weighted by molar-refractivity contribution is 0.0536. The lowest BCUT2D eigenvalue weighted by Gasteiger charge is -2.27.